The topological polar surface area (TPSA) is 89.3 Å². The summed E-state index contributed by atoms with van der Waals surface area (Å²) in [6, 6.07) is 14.2. The monoisotopic (exact) mass is 290 g/mol. The Hall–Kier alpha value is -2.18. The van der Waals surface area contributed by atoms with Crippen molar-refractivity contribution in [2.45, 2.75) is 11.4 Å². The summed E-state index contributed by atoms with van der Waals surface area (Å²) in [4.78, 5) is 12.0. The van der Waals surface area contributed by atoms with Gasteiger partial charge in [0.15, 0.2) is 0 Å². The van der Waals surface area contributed by atoms with Gasteiger partial charge in [-0.05, 0) is 29.8 Å². The van der Waals surface area contributed by atoms with Crippen molar-refractivity contribution in [3.05, 3.63) is 65.7 Å². The highest BCUT2D eigenvalue weighted by atomic mass is 32.2. The van der Waals surface area contributed by atoms with Crippen LogP contribution in [0.4, 0.5) is 0 Å². The van der Waals surface area contributed by atoms with Crippen molar-refractivity contribution in [1.29, 1.82) is 0 Å². The fourth-order valence-electron chi connectivity index (χ4n) is 1.63. The van der Waals surface area contributed by atoms with Gasteiger partial charge in [-0.15, -0.1) is 0 Å². The molecular weight excluding hydrogens is 276 g/mol. The predicted molar refractivity (Wildman–Crippen MR) is 75.4 cm³/mol. The van der Waals surface area contributed by atoms with Gasteiger partial charge in [0.2, 0.25) is 0 Å². The molecule has 0 aliphatic carbocycles. The van der Waals surface area contributed by atoms with Gasteiger partial charge >= 0.3 is 0 Å². The van der Waals surface area contributed by atoms with Crippen LogP contribution in [0.3, 0.4) is 0 Å². The second kappa shape index (κ2) is 5.85. The maximum Gasteiger partial charge on any atom is 0.264 e. The minimum atomic E-state index is -3.85. The number of nitrogens with one attached hydrogen (secondary N) is 1. The summed E-state index contributed by atoms with van der Waals surface area (Å²) in [5.41, 5.74) is 6.59. The third kappa shape index (κ3) is 3.23. The van der Waals surface area contributed by atoms with Crippen LogP contribution in [0, 0.1) is 0 Å². The fraction of sp³-hybridized carbons (Fsp3) is 0.0714. The van der Waals surface area contributed by atoms with Crippen molar-refractivity contribution in [3.63, 3.8) is 0 Å². The third-order valence-electron chi connectivity index (χ3n) is 2.73. The lowest BCUT2D eigenvalue weighted by molar-refractivity contribution is 0.0981. The standard InChI is InChI=1S/C14H14N2O3S/c15-10-11-6-8-12(9-7-11)14(17)16-20(18,19)13-4-2-1-3-5-13/h1-9H,10,15H2,(H,16,17). The number of carbonyl (C=O) groups excluding carboxylic acids is 1. The Balaban J connectivity index is 2.18. The average molecular weight is 290 g/mol. The Labute approximate surface area is 117 Å². The summed E-state index contributed by atoms with van der Waals surface area (Å²) >= 11 is 0. The summed E-state index contributed by atoms with van der Waals surface area (Å²) in [5, 5.41) is 0. The maximum absolute atomic E-state index is 12.0. The second-order valence-corrected chi connectivity index (χ2v) is 5.83. The fourth-order valence-corrected chi connectivity index (χ4v) is 2.63. The van der Waals surface area contributed by atoms with E-state index in [1.165, 1.54) is 24.3 Å². The van der Waals surface area contributed by atoms with E-state index in [1.54, 1.807) is 30.3 Å². The molecule has 0 saturated heterocycles. The molecular formula is C14H14N2O3S. The van der Waals surface area contributed by atoms with Gasteiger partial charge in [0.05, 0.1) is 4.90 Å². The first kappa shape index (κ1) is 14.2. The molecule has 0 aliphatic heterocycles. The molecule has 2 aromatic carbocycles. The molecule has 3 N–H and O–H groups in total. The number of amides is 1. The Morgan fingerprint density at radius 2 is 1.60 bits per heavy atom. The van der Waals surface area contributed by atoms with Crippen molar-refractivity contribution in [1.82, 2.24) is 4.72 Å². The van der Waals surface area contributed by atoms with Gasteiger partial charge in [0.1, 0.15) is 0 Å². The molecule has 0 aliphatic rings. The Kier molecular flexibility index (Phi) is 4.16. The van der Waals surface area contributed by atoms with E-state index in [0.717, 1.165) is 5.56 Å². The van der Waals surface area contributed by atoms with E-state index in [9.17, 15) is 13.2 Å². The van der Waals surface area contributed by atoms with Crippen LogP contribution in [0.25, 0.3) is 0 Å². The zero-order valence-corrected chi connectivity index (χ0v) is 11.4. The molecule has 0 aromatic heterocycles. The highest BCUT2D eigenvalue weighted by Crippen LogP contribution is 2.09. The summed E-state index contributed by atoms with van der Waals surface area (Å²) in [5.74, 6) is -0.669. The number of hydrogen-bond donors (Lipinski definition) is 2. The lowest BCUT2D eigenvalue weighted by atomic mass is 10.1. The van der Waals surface area contributed by atoms with E-state index >= 15 is 0 Å². The molecule has 0 heterocycles. The Morgan fingerprint density at radius 1 is 1.00 bits per heavy atom. The van der Waals surface area contributed by atoms with Crippen LogP contribution in [0.2, 0.25) is 0 Å². The second-order valence-electron chi connectivity index (χ2n) is 4.15. The average Bonchev–Trinajstić information content (AvgIpc) is 2.48. The largest absolute Gasteiger partial charge is 0.326 e. The van der Waals surface area contributed by atoms with Crippen molar-refractivity contribution < 1.29 is 13.2 Å². The van der Waals surface area contributed by atoms with Gasteiger partial charge < -0.3 is 5.73 Å². The molecule has 0 radical (unpaired) electrons. The minimum absolute atomic E-state index is 0.0481. The first-order chi connectivity index (χ1) is 9.53. The normalized spacial score (nSPS) is 11.1. The summed E-state index contributed by atoms with van der Waals surface area (Å²) in [6.07, 6.45) is 0. The molecule has 5 nitrogen and oxygen atoms in total. The molecule has 0 unspecified atom stereocenters. The van der Waals surface area contributed by atoms with E-state index in [2.05, 4.69) is 0 Å². The van der Waals surface area contributed by atoms with Crippen LogP contribution < -0.4 is 10.5 Å². The molecule has 0 bridgehead atoms. The van der Waals surface area contributed by atoms with Gasteiger partial charge in [-0.2, -0.15) is 0 Å². The molecule has 1 amide bonds. The van der Waals surface area contributed by atoms with Crippen LogP contribution in [-0.2, 0) is 16.6 Å². The molecule has 0 spiro atoms. The van der Waals surface area contributed by atoms with Crippen LogP contribution >= 0.6 is 0 Å². The number of sulfonamides is 1. The SMILES string of the molecule is NCc1ccc(C(=O)NS(=O)(=O)c2ccccc2)cc1. The van der Waals surface area contributed by atoms with Gasteiger partial charge in [-0.25, -0.2) is 13.1 Å². The van der Waals surface area contributed by atoms with E-state index < -0.39 is 15.9 Å². The minimum Gasteiger partial charge on any atom is -0.326 e. The molecule has 2 rings (SSSR count). The zero-order chi connectivity index (χ0) is 14.6. The highest BCUT2D eigenvalue weighted by Gasteiger charge is 2.17. The first-order valence-electron chi connectivity index (χ1n) is 5.94. The molecule has 0 atom stereocenters. The lowest BCUT2D eigenvalue weighted by Gasteiger charge is -2.07. The Bertz CT molecular complexity index is 695. The molecule has 104 valence electrons. The number of carbonyl (C=O) groups is 1. The summed E-state index contributed by atoms with van der Waals surface area (Å²) in [6.45, 7) is 0.365. The van der Waals surface area contributed by atoms with E-state index in [4.69, 9.17) is 5.73 Å². The van der Waals surface area contributed by atoms with Crippen molar-refractivity contribution >= 4 is 15.9 Å². The zero-order valence-electron chi connectivity index (χ0n) is 10.6. The van der Waals surface area contributed by atoms with Gasteiger partial charge in [-0.1, -0.05) is 30.3 Å². The molecule has 20 heavy (non-hydrogen) atoms. The Morgan fingerprint density at radius 3 is 2.15 bits per heavy atom. The summed E-state index contributed by atoms with van der Waals surface area (Å²) in [7, 11) is -3.85. The quantitative estimate of drug-likeness (QED) is 0.887. The van der Waals surface area contributed by atoms with E-state index in [0.29, 0.717) is 6.54 Å². The van der Waals surface area contributed by atoms with Gasteiger partial charge in [0.25, 0.3) is 15.9 Å². The number of rotatable bonds is 4. The maximum atomic E-state index is 12.0. The number of nitrogens with two attached hydrogens (primary N) is 1. The smallest absolute Gasteiger partial charge is 0.264 e. The van der Waals surface area contributed by atoms with E-state index in [1.807, 2.05) is 4.72 Å². The number of benzene rings is 2. The van der Waals surface area contributed by atoms with Gasteiger partial charge in [0, 0.05) is 12.1 Å². The van der Waals surface area contributed by atoms with E-state index in [-0.39, 0.29) is 10.5 Å². The van der Waals surface area contributed by atoms with Gasteiger partial charge in [-0.3, -0.25) is 4.79 Å². The van der Waals surface area contributed by atoms with Crippen LogP contribution in [0.5, 0.6) is 0 Å². The first-order valence-corrected chi connectivity index (χ1v) is 7.42. The van der Waals surface area contributed by atoms with Crippen LogP contribution in [0.15, 0.2) is 59.5 Å². The van der Waals surface area contributed by atoms with Crippen LogP contribution in [-0.4, -0.2) is 14.3 Å². The highest BCUT2D eigenvalue weighted by molar-refractivity contribution is 7.90. The van der Waals surface area contributed by atoms with Crippen molar-refractivity contribution in [2.24, 2.45) is 5.73 Å². The molecule has 2 aromatic rings. The molecule has 0 saturated carbocycles. The van der Waals surface area contributed by atoms with Crippen LogP contribution in [0.1, 0.15) is 15.9 Å². The summed E-state index contributed by atoms with van der Waals surface area (Å²) < 4.78 is 26.0. The molecule has 0 fully saturated rings. The third-order valence-corrected chi connectivity index (χ3v) is 4.08. The van der Waals surface area contributed by atoms with Crippen molar-refractivity contribution in [2.75, 3.05) is 0 Å². The predicted octanol–water partition coefficient (Wildman–Crippen LogP) is 1.26. The number of hydrogen-bond acceptors (Lipinski definition) is 4. The molecule has 6 heteroatoms. The lowest BCUT2D eigenvalue weighted by Crippen LogP contribution is -2.30. The van der Waals surface area contributed by atoms with Crippen molar-refractivity contribution in [3.8, 4) is 0 Å².